The Morgan fingerprint density at radius 1 is 1.30 bits per heavy atom. The van der Waals surface area contributed by atoms with Crippen LogP contribution in [-0.4, -0.2) is 34.0 Å². The Labute approximate surface area is 120 Å². The second-order valence-electron chi connectivity index (χ2n) is 7.40. The Kier molecular flexibility index (Phi) is 3.37. The minimum atomic E-state index is -1.15. The summed E-state index contributed by atoms with van der Waals surface area (Å²) in [6.07, 6.45) is 6.52. The van der Waals surface area contributed by atoms with E-state index in [9.17, 15) is 15.0 Å². The first kappa shape index (κ1) is 14.3. The van der Waals surface area contributed by atoms with Crippen LogP contribution in [0.25, 0.3) is 0 Å². The van der Waals surface area contributed by atoms with Crippen LogP contribution in [0.2, 0.25) is 0 Å². The van der Waals surface area contributed by atoms with Gasteiger partial charge in [0.05, 0.1) is 11.7 Å². The van der Waals surface area contributed by atoms with Crippen LogP contribution in [0.5, 0.6) is 0 Å². The summed E-state index contributed by atoms with van der Waals surface area (Å²) in [7, 11) is 0. The highest BCUT2D eigenvalue weighted by molar-refractivity contribution is 5.78. The molecule has 3 rings (SSSR count). The van der Waals surface area contributed by atoms with Crippen molar-refractivity contribution in [2.75, 3.05) is 0 Å². The third-order valence-electron chi connectivity index (χ3n) is 6.29. The second-order valence-corrected chi connectivity index (χ2v) is 7.40. The third-order valence-corrected chi connectivity index (χ3v) is 6.29. The number of aliphatic carboxylic acids is 1. The first-order chi connectivity index (χ1) is 9.38. The Morgan fingerprint density at radius 3 is 2.65 bits per heavy atom. The zero-order valence-electron chi connectivity index (χ0n) is 12.5. The molecule has 2 N–H and O–H groups in total. The van der Waals surface area contributed by atoms with Gasteiger partial charge in [-0.15, -0.1) is 0 Å². The van der Waals surface area contributed by atoms with Crippen LogP contribution in [0.4, 0.5) is 0 Å². The maximum Gasteiger partial charge on any atom is 0.315 e. The number of aliphatic hydroxyl groups is 1. The molecule has 3 fully saturated rings. The molecule has 2 aliphatic carbocycles. The minimum Gasteiger partial charge on any atom is -0.481 e. The largest absolute Gasteiger partial charge is 0.481 e. The molecule has 6 atom stereocenters. The molecule has 1 aliphatic heterocycles. The molecular formula is C16H26O4. The lowest BCUT2D eigenvalue weighted by Crippen LogP contribution is -2.58. The van der Waals surface area contributed by atoms with E-state index < -0.39 is 17.0 Å². The molecule has 6 unspecified atom stereocenters. The van der Waals surface area contributed by atoms with Crippen molar-refractivity contribution in [1.82, 2.24) is 0 Å². The van der Waals surface area contributed by atoms with Crippen molar-refractivity contribution in [3.8, 4) is 0 Å². The lowest BCUT2D eigenvalue weighted by atomic mass is 9.59. The molecule has 0 aromatic rings. The lowest BCUT2D eigenvalue weighted by molar-refractivity contribution is -0.178. The molecule has 0 aromatic carbocycles. The topological polar surface area (TPSA) is 70.1 Å². The molecule has 1 saturated heterocycles. The van der Waals surface area contributed by atoms with Gasteiger partial charge in [-0.05, 0) is 38.0 Å². The smallest absolute Gasteiger partial charge is 0.315 e. The van der Waals surface area contributed by atoms with E-state index >= 15 is 0 Å². The zero-order valence-corrected chi connectivity index (χ0v) is 12.5. The fourth-order valence-corrected chi connectivity index (χ4v) is 4.54. The van der Waals surface area contributed by atoms with Gasteiger partial charge < -0.3 is 14.9 Å². The molecule has 20 heavy (non-hydrogen) atoms. The van der Waals surface area contributed by atoms with E-state index in [1.165, 1.54) is 19.3 Å². The quantitative estimate of drug-likeness (QED) is 0.781. The number of hydrogen-bond acceptors (Lipinski definition) is 3. The van der Waals surface area contributed by atoms with Gasteiger partial charge in [0.2, 0.25) is 0 Å². The predicted octanol–water partition coefficient (Wildman–Crippen LogP) is 2.59. The molecule has 0 amide bonds. The van der Waals surface area contributed by atoms with Gasteiger partial charge in [-0.3, -0.25) is 4.79 Å². The molecule has 2 saturated carbocycles. The molecule has 4 nitrogen and oxygen atoms in total. The monoisotopic (exact) mass is 282 g/mol. The molecule has 4 heteroatoms. The highest BCUT2D eigenvalue weighted by Gasteiger charge is 2.69. The van der Waals surface area contributed by atoms with E-state index in [0.29, 0.717) is 24.7 Å². The van der Waals surface area contributed by atoms with Gasteiger partial charge in [-0.25, -0.2) is 0 Å². The Bertz CT molecular complexity index is 409. The summed E-state index contributed by atoms with van der Waals surface area (Å²) < 4.78 is 5.53. The van der Waals surface area contributed by atoms with Crippen molar-refractivity contribution < 1.29 is 19.7 Å². The van der Waals surface area contributed by atoms with Crippen molar-refractivity contribution in [1.29, 1.82) is 0 Å². The Morgan fingerprint density at radius 2 is 2.00 bits per heavy atom. The Hall–Kier alpha value is -0.610. The molecule has 3 aliphatic rings. The SMILES string of the molecule is CC1CCCCC1CC1(O)CCC2OC2C1(C)C(=O)O. The molecule has 114 valence electrons. The predicted molar refractivity (Wildman–Crippen MR) is 74.3 cm³/mol. The van der Waals surface area contributed by atoms with Crippen molar-refractivity contribution in [2.45, 2.75) is 76.6 Å². The van der Waals surface area contributed by atoms with Crippen molar-refractivity contribution in [3.05, 3.63) is 0 Å². The summed E-state index contributed by atoms with van der Waals surface area (Å²) in [6, 6.07) is 0. The average Bonchev–Trinajstić information content (AvgIpc) is 3.17. The summed E-state index contributed by atoms with van der Waals surface area (Å²) in [5.74, 6) is 0.127. The molecule has 0 aromatic heterocycles. The summed E-state index contributed by atoms with van der Waals surface area (Å²) in [6.45, 7) is 3.93. The summed E-state index contributed by atoms with van der Waals surface area (Å²) in [5, 5.41) is 20.9. The number of hydrogen-bond donors (Lipinski definition) is 2. The van der Waals surface area contributed by atoms with Gasteiger partial charge in [0.15, 0.2) is 0 Å². The fraction of sp³-hybridized carbons (Fsp3) is 0.938. The van der Waals surface area contributed by atoms with Crippen molar-refractivity contribution >= 4 is 5.97 Å². The number of ether oxygens (including phenoxy) is 1. The van der Waals surface area contributed by atoms with Crippen LogP contribution in [0.3, 0.4) is 0 Å². The lowest BCUT2D eigenvalue weighted by Gasteiger charge is -2.47. The van der Waals surface area contributed by atoms with Gasteiger partial charge in [0, 0.05) is 0 Å². The van der Waals surface area contributed by atoms with Crippen LogP contribution >= 0.6 is 0 Å². The van der Waals surface area contributed by atoms with Crippen LogP contribution < -0.4 is 0 Å². The van der Waals surface area contributed by atoms with Crippen molar-refractivity contribution in [3.63, 3.8) is 0 Å². The summed E-state index contributed by atoms with van der Waals surface area (Å²) in [5.41, 5.74) is -2.26. The van der Waals surface area contributed by atoms with Crippen LogP contribution in [-0.2, 0) is 9.53 Å². The highest BCUT2D eigenvalue weighted by atomic mass is 16.6. The second kappa shape index (κ2) is 4.70. The standard InChI is InChI=1S/C16H26O4/c1-10-5-3-4-6-11(10)9-16(19)8-7-12-13(20-12)15(16,2)14(17)18/h10-13,19H,3-9H2,1-2H3,(H,17,18). The van der Waals surface area contributed by atoms with Gasteiger partial charge in [0.1, 0.15) is 11.5 Å². The fourth-order valence-electron chi connectivity index (χ4n) is 4.54. The molecule has 1 heterocycles. The van der Waals surface area contributed by atoms with E-state index in [1.807, 2.05) is 0 Å². The van der Waals surface area contributed by atoms with Gasteiger partial charge >= 0.3 is 5.97 Å². The maximum absolute atomic E-state index is 11.8. The van der Waals surface area contributed by atoms with Crippen molar-refractivity contribution in [2.24, 2.45) is 17.3 Å². The number of carbonyl (C=O) groups is 1. The Balaban J connectivity index is 1.82. The summed E-state index contributed by atoms with van der Waals surface area (Å²) in [4.78, 5) is 11.8. The molecular weight excluding hydrogens is 256 g/mol. The number of fused-ring (bicyclic) bond motifs is 1. The summed E-state index contributed by atoms with van der Waals surface area (Å²) >= 11 is 0. The minimum absolute atomic E-state index is 0.0557. The number of carboxylic acid groups (broad SMARTS) is 1. The zero-order chi connectivity index (χ0) is 14.5. The van der Waals surface area contributed by atoms with E-state index in [4.69, 9.17) is 4.74 Å². The third kappa shape index (κ3) is 2.00. The van der Waals surface area contributed by atoms with E-state index in [2.05, 4.69) is 6.92 Å². The maximum atomic E-state index is 11.8. The van der Waals surface area contributed by atoms with Crippen LogP contribution in [0.15, 0.2) is 0 Å². The van der Waals surface area contributed by atoms with Crippen LogP contribution in [0, 0.1) is 17.3 Å². The first-order valence-electron chi connectivity index (χ1n) is 8.00. The van der Waals surface area contributed by atoms with Crippen LogP contribution in [0.1, 0.15) is 58.8 Å². The number of carboxylic acids is 1. The average molecular weight is 282 g/mol. The molecule has 0 spiro atoms. The molecule has 0 radical (unpaired) electrons. The number of epoxide rings is 1. The molecule has 0 bridgehead atoms. The number of rotatable bonds is 3. The normalized spacial score (nSPS) is 51.4. The van der Waals surface area contributed by atoms with E-state index in [0.717, 1.165) is 12.8 Å². The van der Waals surface area contributed by atoms with Gasteiger partial charge in [-0.1, -0.05) is 32.6 Å². The first-order valence-corrected chi connectivity index (χ1v) is 8.00. The van der Waals surface area contributed by atoms with Gasteiger partial charge in [0.25, 0.3) is 0 Å². The van der Waals surface area contributed by atoms with E-state index in [1.54, 1.807) is 6.92 Å². The highest BCUT2D eigenvalue weighted by Crippen LogP contribution is 2.57. The van der Waals surface area contributed by atoms with E-state index in [-0.39, 0.29) is 12.2 Å². The van der Waals surface area contributed by atoms with Gasteiger partial charge in [-0.2, -0.15) is 0 Å².